The van der Waals surface area contributed by atoms with Crippen molar-refractivity contribution < 1.29 is 19.1 Å². The van der Waals surface area contributed by atoms with Gasteiger partial charge in [0.15, 0.2) is 0 Å². The molecule has 2 saturated heterocycles. The molecule has 2 aromatic rings. The number of nitrogens with one attached hydrogen (secondary N) is 1. The first-order valence-corrected chi connectivity index (χ1v) is 12.6. The van der Waals surface area contributed by atoms with Crippen LogP contribution in [0.15, 0.2) is 48.5 Å². The van der Waals surface area contributed by atoms with Gasteiger partial charge in [-0.2, -0.15) is 0 Å². The van der Waals surface area contributed by atoms with Gasteiger partial charge in [-0.05, 0) is 43.0 Å². The van der Waals surface area contributed by atoms with Gasteiger partial charge in [-0.15, -0.1) is 0 Å². The van der Waals surface area contributed by atoms with Gasteiger partial charge in [0.05, 0.1) is 19.1 Å². The normalized spacial score (nSPS) is 20.3. The number of nitrogens with zero attached hydrogens (tertiary/aromatic N) is 2. The number of rotatable bonds is 9. The Kier molecular flexibility index (Phi) is 8.06. The number of hydrogen-bond donors (Lipinski definition) is 1. The molecule has 7 heteroatoms. The van der Waals surface area contributed by atoms with Gasteiger partial charge >= 0.3 is 0 Å². The summed E-state index contributed by atoms with van der Waals surface area (Å²) in [5, 5.41) is 3.10. The highest BCUT2D eigenvalue weighted by atomic mass is 16.5. The van der Waals surface area contributed by atoms with Crippen molar-refractivity contribution in [3.05, 3.63) is 59.7 Å². The Bertz CT molecular complexity index is 1050. The van der Waals surface area contributed by atoms with Crippen LogP contribution in [0, 0.1) is 5.92 Å². The maximum atomic E-state index is 13.5. The lowest BCUT2D eigenvalue weighted by molar-refractivity contribution is -0.143. The molecule has 2 aliphatic heterocycles. The number of hydrogen-bond acceptors (Lipinski definition) is 4. The molecule has 186 valence electrons. The molecule has 1 N–H and O–H groups in total. The number of unbranched alkanes of at least 4 members (excludes halogenated alkanes) is 1. The molecule has 3 amide bonds. The molecule has 4 rings (SSSR count). The van der Waals surface area contributed by atoms with Crippen LogP contribution in [0.1, 0.15) is 62.6 Å². The number of anilines is 1. The van der Waals surface area contributed by atoms with E-state index < -0.39 is 0 Å². The summed E-state index contributed by atoms with van der Waals surface area (Å²) in [5.74, 6) is 0.521. The van der Waals surface area contributed by atoms with Crippen molar-refractivity contribution in [3.63, 3.8) is 0 Å². The van der Waals surface area contributed by atoms with Crippen LogP contribution in [0.3, 0.4) is 0 Å². The van der Waals surface area contributed by atoms with Gasteiger partial charge in [-0.1, -0.05) is 43.7 Å². The molecule has 0 radical (unpaired) electrons. The summed E-state index contributed by atoms with van der Waals surface area (Å²) in [7, 11) is 1.62. The molecule has 2 aliphatic rings. The minimum absolute atomic E-state index is 0.0614. The van der Waals surface area contributed by atoms with Gasteiger partial charge in [-0.3, -0.25) is 14.4 Å². The smallest absolute Gasteiger partial charge is 0.227 e. The number of benzene rings is 2. The number of carbonyl (C=O) groups excluding carboxylic acids is 3. The number of methoxy groups -OCH3 is 1. The van der Waals surface area contributed by atoms with E-state index in [1.807, 2.05) is 58.3 Å². The number of amides is 3. The van der Waals surface area contributed by atoms with E-state index in [9.17, 15) is 14.4 Å². The molecule has 2 atom stereocenters. The summed E-state index contributed by atoms with van der Waals surface area (Å²) >= 11 is 0. The summed E-state index contributed by atoms with van der Waals surface area (Å²) in [6.07, 6.45) is 4.22. The van der Waals surface area contributed by atoms with Crippen LogP contribution in [0.2, 0.25) is 0 Å². The fourth-order valence-electron chi connectivity index (χ4n) is 5.15. The lowest BCUT2D eigenvalue weighted by atomic mass is 9.83. The molecule has 0 saturated carbocycles. The lowest BCUT2D eigenvalue weighted by Crippen LogP contribution is -2.48. The van der Waals surface area contributed by atoms with Crippen molar-refractivity contribution in [1.82, 2.24) is 10.2 Å². The van der Waals surface area contributed by atoms with Crippen LogP contribution in [0.4, 0.5) is 5.69 Å². The summed E-state index contributed by atoms with van der Waals surface area (Å²) < 4.78 is 5.61. The minimum Gasteiger partial charge on any atom is -0.496 e. The number of ether oxygens (including phenoxy) is 1. The van der Waals surface area contributed by atoms with Crippen molar-refractivity contribution in [2.24, 2.45) is 5.92 Å². The Labute approximate surface area is 207 Å². The van der Waals surface area contributed by atoms with Crippen LogP contribution >= 0.6 is 0 Å². The molecule has 7 nitrogen and oxygen atoms in total. The highest BCUT2D eigenvalue weighted by molar-refractivity contribution is 5.95. The number of piperidine rings is 1. The van der Waals surface area contributed by atoms with E-state index in [1.165, 1.54) is 0 Å². The Hall–Kier alpha value is -3.35. The van der Waals surface area contributed by atoms with Gasteiger partial charge in [0.1, 0.15) is 5.75 Å². The van der Waals surface area contributed by atoms with E-state index in [2.05, 4.69) is 12.2 Å². The van der Waals surface area contributed by atoms with Crippen LogP contribution in [0.25, 0.3) is 0 Å². The van der Waals surface area contributed by atoms with E-state index in [1.54, 1.807) is 7.11 Å². The molecule has 0 spiro atoms. The van der Waals surface area contributed by atoms with E-state index in [4.69, 9.17) is 4.74 Å². The van der Waals surface area contributed by atoms with Crippen LogP contribution in [0.5, 0.6) is 5.75 Å². The molecule has 2 heterocycles. The first kappa shape index (κ1) is 24.8. The van der Waals surface area contributed by atoms with E-state index in [0.29, 0.717) is 38.1 Å². The third kappa shape index (κ3) is 5.50. The first-order chi connectivity index (χ1) is 17.0. The number of likely N-dealkylation sites (tertiary alicyclic amines) is 1. The minimum atomic E-state index is -0.359. The van der Waals surface area contributed by atoms with Crippen molar-refractivity contribution in [3.8, 4) is 5.75 Å². The maximum Gasteiger partial charge on any atom is 0.227 e. The van der Waals surface area contributed by atoms with Crippen molar-refractivity contribution in [1.29, 1.82) is 0 Å². The average Bonchev–Trinajstić information content (AvgIpc) is 3.32. The number of para-hydroxylation sites is 1. The third-order valence-electron chi connectivity index (χ3n) is 7.04. The summed E-state index contributed by atoms with van der Waals surface area (Å²) in [6.45, 7) is 3.87. The summed E-state index contributed by atoms with van der Waals surface area (Å²) in [6, 6.07) is 15.1. The molecular formula is C28H35N3O4. The zero-order valence-electron chi connectivity index (χ0n) is 20.7. The molecule has 35 heavy (non-hydrogen) atoms. The highest BCUT2D eigenvalue weighted by Crippen LogP contribution is 2.41. The van der Waals surface area contributed by atoms with Gasteiger partial charge in [0.25, 0.3) is 0 Å². The van der Waals surface area contributed by atoms with Gasteiger partial charge in [-0.25, -0.2) is 0 Å². The second kappa shape index (κ2) is 11.4. The van der Waals surface area contributed by atoms with E-state index in [0.717, 1.165) is 42.6 Å². The molecule has 0 aliphatic carbocycles. The SMILES string of the molecule is CCCCN1C(=O)CCC(C(=O)NCc2ccc(N3CCCC3=O)cc2)C1c1ccccc1OC. The summed E-state index contributed by atoms with van der Waals surface area (Å²) in [4.78, 5) is 42.0. The predicted octanol–water partition coefficient (Wildman–Crippen LogP) is 4.22. The first-order valence-electron chi connectivity index (χ1n) is 12.6. The summed E-state index contributed by atoms with van der Waals surface area (Å²) in [5.41, 5.74) is 2.74. The highest BCUT2D eigenvalue weighted by Gasteiger charge is 2.41. The average molecular weight is 478 g/mol. The van der Waals surface area contributed by atoms with Gasteiger partial charge in [0, 0.05) is 43.7 Å². The zero-order chi connectivity index (χ0) is 24.8. The molecule has 2 fully saturated rings. The lowest BCUT2D eigenvalue weighted by Gasteiger charge is -2.41. The Balaban J connectivity index is 1.50. The molecule has 0 bridgehead atoms. The van der Waals surface area contributed by atoms with Crippen molar-refractivity contribution in [2.75, 3.05) is 25.1 Å². The zero-order valence-corrected chi connectivity index (χ0v) is 20.7. The Morgan fingerprint density at radius 3 is 2.51 bits per heavy atom. The number of carbonyl (C=O) groups is 3. The third-order valence-corrected chi connectivity index (χ3v) is 7.04. The second-order valence-corrected chi connectivity index (χ2v) is 9.31. The molecule has 2 unspecified atom stereocenters. The molecule has 2 aromatic carbocycles. The van der Waals surface area contributed by atoms with Crippen molar-refractivity contribution in [2.45, 2.75) is 58.0 Å². The largest absolute Gasteiger partial charge is 0.496 e. The Morgan fingerprint density at radius 1 is 1.06 bits per heavy atom. The van der Waals surface area contributed by atoms with Gasteiger partial charge in [0.2, 0.25) is 17.7 Å². The van der Waals surface area contributed by atoms with Crippen LogP contribution in [-0.2, 0) is 20.9 Å². The van der Waals surface area contributed by atoms with Crippen molar-refractivity contribution >= 4 is 23.4 Å². The van der Waals surface area contributed by atoms with Crippen LogP contribution < -0.4 is 15.0 Å². The monoisotopic (exact) mass is 477 g/mol. The fraction of sp³-hybridized carbons (Fsp3) is 0.464. The standard InChI is InChI=1S/C28H35N3O4/c1-3-4-17-31-26(33)16-15-23(27(31)22-8-5-6-9-24(22)35-2)28(34)29-19-20-11-13-21(14-12-20)30-18-7-10-25(30)32/h5-6,8-9,11-14,23,27H,3-4,7,10,15-19H2,1-2H3,(H,29,34). The van der Waals surface area contributed by atoms with Gasteiger partial charge < -0.3 is 19.9 Å². The second-order valence-electron chi connectivity index (χ2n) is 9.31. The quantitative estimate of drug-likeness (QED) is 0.587. The van der Waals surface area contributed by atoms with E-state index >= 15 is 0 Å². The molecular weight excluding hydrogens is 442 g/mol. The fourth-order valence-corrected chi connectivity index (χ4v) is 5.15. The predicted molar refractivity (Wildman–Crippen MR) is 135 cm³/mol. The topological polar surface area (TPSA) is 79.0 Å². The maximum absolute atomic E-state index is 13.5. The molecule has 0 aromatic heterocycles. The van der Waals surface area contributed by atoms with Crippen LogP contribution in [-0.4, -0.2) is 42.8 Å². The Morgan fingerprint density at radius 2 is 1.83 bits per heavy atom. The van der Waals surface area contributed by atoms with E-state index in [-0.39, 0.29) is 29.7 Å².